The molecule has 17 heavy (non-hydrogen) atoms. The molecule has 0 aromatic carbocycles. The third-order valence-corrected chi connectivity index (χ3v) is 3.85. The van der Waals surface area contributed by atoms with Crippen LogP contribution < -0.4 is 10.6 Å². The standard InChI is InChI=1S/C12H18N4O/c1-3-16-11-10(7(2)15-16)14-12(17)8-5-4-6-9(8)13-11/h8-9,13H,3-6H2,1-2H3,(H,14,17). The first-order chi connectivity index (χ1) is 8.20. The quantitative estimate of drug-likeness (QED) is 0.778. The van der Waals surface area contributed by atoms with Crippen LogP contribution >= 0.6 is 0 Å². The number of aromatic nitrogens is 2. The van der Waals surface area contributed by atoms with Crippen LogP contribution in [0.2, 0.25) is 0 Å². The predicted octanol–water partition coefficient (Wildman–Crippen LogP) is 1.74. The number of amides is 1. The van der Waals surface area contributed by atoms with Gasteiger partial charge in [0.25, 0.3) is 0 Å². The van der Waals surface area contributed by atoms with Gasteiger partial charge in [0.05, 0.1) is 11.6 Å². The Morgan fingerprint density at radius 1 is 1.47 bits per heavy atom. The molecule has 1 aliphatic carbocycles. The number of anilines is 2. The summed E-state index contributed by atoms with van der Waals surface area (Å²) in [7, 11) is 0. The summed E-state index contributed by atoms with van der Waals surface area (Å²) < 4.78 is 1.94. The zero-order chi connectivity index (χ0) is 12.0. The van der Waals surface area contributed by atoms with Gasteiger partial charge in [0, 0.05) is 12.6 Å². The van der Waals surface area contributed by atoms with Crippen molar-refractivity contribution in [1.29, 1.82) is 0 Å². The Hall–Kier alpha value is -1.52. The molecule has 3 rings (SSSR count). The van der Waals surface area contributed by atoms with E-state index in [1.807, 2.05) is 11.6 Å². The van der Waals surface area contributed by atoms with Crippen LogP contribution in [0.3, 0.4) is 0 Å². The second-order valence-corrected chi connectivity index (χ2v) is 4.90. The Morgan fingerprint density at radius 2 is 2.29 bits per heavy atom. The number of carbonyl (C=O) groups is 1. The SMILES string of the molecule is CCn1nc(C)c2c1NC1CCCC1C(=O)N2. The van der Waals surface area contributed by atoms with Crippen molar-refractivity contribution in [1.82, 2.24) is 9.78 Å². The van der Waals surface area contributed by atoms with Crippen LogP contribution in [0.1, 0.15) is 31.9 Å². The van der Waals surface area contributed by atoms with Crippen molar-refractivity contribution in [2.75, 3.05) is 10.6 Å². The summed E-state index contributed by atoms with van der Waals surface area (Å²) >= 11 is 0. The fourth-order valence-electron chi connectivity index (χ4n) is 2.94. The van der Waals surface area contributed by atoms with Crippen molar-refractivity contribution in [3.8, 4) is 0 Å². The number of fused-ring (bicyclic) bond motifs is 2. The molecule has 1 aromatic rings. The van der Waals surface area contributed by atoms with Crippen LogP contribution in [0.4, 0.5) is 11.5 Å². The number of hydrogen-bond donors (Lipinski definition) is 2. The average molecular weight is 234 g/mol. The third kappa shape index (κ3) is 1.52. The van der Waals surface area contributed by atoms with Crippen molar-refractivity contribution in [3.63, 3.8) is 0 Å². The van der Waals surface area contributed by atoms with Gasteiger partial charge in [-0.15, -0.1) is 0 Å². The van der Waals surface area contributed by atoms with Crippen LogP contribution in [0.25, 0.3) is 0 Å². The van der Waals surface area contributed by atoms with E-state index in [2.05, 4.69) is 22.7 Å². The Kier molecular flexibility index (Phi) is 2.34. The molecule has 2 unspecified atom stereocenters. The van der Waals surface area contributed by atoms with E-state index in [-0.39, 0.29) is 17.9 Å². The number of rotatable bonds is 1. The van der Waals surface area contributed by atoms with Gasteiger partial charge in [0.1, 0.15) is 11.5 Å². The third-order valence-electron chi connectivity index (χ3n) is 3.85. The van der Waals surface area contributed by atoms with Gasteiger partial charge in [-0.2, -0.15) is 5.10 Å². The normalized spacial score (nSPS) is 26.8. The van der Waals surface area contributed by atoms with Crippen LogP contribution in [0, 0.1) is 12.8 Å². The summed E-state index contributed by atoms with van der Waals surface area (Å²) in [6.07, 6.45) is 3.20. The lowest BCUT2D eigenvalue weighted by Gasteiger charge is -2.17. The van der Waals surface area contributed by atoms with E-state index in [0.29, 0.717) is 0 Å². The number of aryl methyl sites for hydroxylation is 2. The van der Waals surface area contributed by atoms with Crippen molar-refractivity contribution < 1.29 is 4.79 Å². The van der Waals surface area contributed by atoms with Crippen molar-refractivity contribution in [2.24, 2.45) is 5.92 Å². The highest BCUT2D eigenvalue weighted by Gasteiger charge is 2.37. The summed E-state index contributed by atoms with van der Waals surface area (Å²) in [5.74, 6) is 1.25. The van der Waals surface area contributed by atoms with E-state index in [1.54, 1.807) is 0 Å². The van der Waals surface area contributed by atoms with E-state index in [0.717, 1.165) is 43.0 Å². The van der Waals surface area contributed by atoms with Crippen LogP contribution in [0.15, 0.2) is 0 Å². The minimum absolute atomic E-state index is 0.118. The van der Waals surface area contributed by atoms with Gasteiger partial charge in [-0.3, -0.25) is 4.79 Å². The lowest BCUT2D eigenvalue weighted by atomic mass is 10.0. The van der Waals surface area contributed by atoms with Crippen LogP contribution in [0.5, 0.6) is 0 Å². The smallest absolute Gasteiger partial charge is 0.229 e. The second-order valence-electron chi connectivity index (χ2n) is 4.90. The molecule has 2 aliphatic rings. The first kappa shape index (κ1) is 10.6. The lowest BCUT2D eigenvalue weighted by molar-refractivity contribution is -0.119. The number of nitrogens with zero attached hydrogens (tertiary/aromatic N) is 2. The molecule has 2 heterocycles. The molecule has 1 aromatic heterocycles. The van der Waals surface area contributed by atoms with Crippen LogP contribution in [-0.2, 0) is 11.3 Å². The van der Waals surface area contributed by atoms with E-state index in [9.17, 15) is 4.79 Å². The van der Waals surface area contributed by atoms with Gasteiger partial charge in [-0.25, -0.2) is 4.68 Å². The van der Waals surface area contributed by atoms with Gasteiger partial charge in [0.2, 0.25) is 5.91 Å². The van der Waals surface area contributed by atoms with Gasteiger partial charge in [0.15, 0.2) is 0 Å². The molecule has 1 amide bonds. The zero-order valence-corrected chi connectivity index (χ0v) is 10.3. The van der Waals surface area contributed by atoms with E-state index in [4.69, 9.17) is 0 Å². The molecular weight excluding hydrogens is 216 g/mol. The zero-order valence-electron chi connectivity index (χ0n) is 10.3. The Morgan fingerprint density at radius 3 is 3.06 bits per heavy atom. The monoisotopic (exact) mass is 234 g/mol. The molecule has 92 valence electrons. The maximum absolute atomic E-state index is 12.1. The largest absolute Gasteiger partial charge is 0.365 e. The van der Waals surface area contributed by atoms with E-state index < -0.39 is 0 Å². The second kappa shape index (κ2) is 3.75. The highest BCUT2D eigenvalue weighted by molar-refractivity contribution is 5.98. The summed E-state index contributed by atoms with van der Waals surface area (Å²) in [6, 6.07) is 0.276. The molecule has 0 bridgehead atoms. The predicted molar refractivity (Wildman–Crippen MR) is 66.0 cm³/mol. The molecule has 1 aliphatic heterocycles. The van der Waals surface area contributed by atoms with Crippen molar-refractivity contribution in [3.05, 3.63) is 5.69 Å². The maximum Gasteiger partial charge on any atom is 0.229 e. The average Bonchev–Trinajstić information content (AvgIpc) is 2.85. The molecule has 0 spiro atoms. The number of hydrogen-bond acceptors (Lipinski definition) is 3. The number of nitrogens with one attached hydrogen (secondary N) is 2. The first-order valence-corrected chi connectivity index (χ1v) is 6.35. The molecule has 2 atom stereocenters. The van der Waals surface area contributed by atoms with Gasteiger partial charge in [-0.05, 0) is 26.7 Å². The Bertz CT molecular complexity index is 465. The molecule has 0 saturated heterocycles. The molecule has 1 saturated carbocycles. The molecular formula is C12H18N4O. The maximum atomic E-state index is 12.1. The summed E-state index contributed by atoms with van der Waals surface area (Å²) in [5, 5.41) is 11.0. The highest BCUT2D eigenvalue weighted by Crippen LogP contribution is 2.37. The Labute approximate surface area is 101 Å². The van der Waals surface area contributed by atoms with Gasteiger partial charge >= 0.3 is 0 Å². The molecule has 5 nitrogen and oxygen atoms in total. The highest BCUT2D eigenvalue weighted by atomic mass is 16.2. The summed E-state index contributed by atoms with van der Waals surface area (Å²) in [4.78, 5) is 12.1. The van der Waals surface area contributed by atoms with E-state index >= 15 is 0 Å². The molecule has 1 fully saturated rings. The minimum Gasteiger partial charge on any atom is -0.365 e. The molecule has 0 radical (unpaired) electrons. The molecule has 5 heteroatoms. The lowest BCUT2D eigenvalue weighted by Crippen LogP contribution is -2.31. The fraction of sp³-hybridized carbons (Fsp3) is 0.667. The minimum atomic E-state index is 0.118. The topological polar surface area (TPSA) is 59.0 Å². The summed E-state index contributed by atoms with van der Waals surface area (Å²) in [5.41, 5.74) is 1.76. The Balaban J connectivity index is 2.05. The van der Waals surface area contributed by atoms with Crippen molar-refractivity contribution in [2.45, 2.75) is 45.7 Å². The van der Waals surface area contributed by atoms with Crippen molar-refractivity contribution >= 4 is 17.4 Å². The fourth-order valence-corrected chi connectivity index (χ4v) is 2.94. The summed E-state index contributed by atoms with van der Waals surface area (Å²) in [6.45, 7) is 4.82. The van der Waals surface area contributed by atoms with Crippen LogP contribution in [-0.4, -0.2) is 21.7 Å². The van der Waals surface area contributed by atoms with E-state index in [1.165, 1.54) is 0 Å². The molecule has 2 N–H and O–H groups in total. The number of carbonyl (C=O) groups excluding carboxylic acids is 1. The van der Waals surface area contributed by atoms with Gasteiger partial charge in [-0.1, -0.05) is 6.42 Å². The van der Waals surface area contributed by atoms with Gasteiger partial charge < -0.3 is 10.6 Å². The first-order valence-electron chi connectivity index (χ1n) is 6.35.